The maximum atomic E-state index is 3.60. The van der Waals surface area contributed by atoms with Crippen LogP contribution in [0, 0.1) is 0 Å². The van der Waals surface area contributed by atoms with E-state index in [0.717, 1.165) is 12.1 Å². The molecule has 1 atom stereocenters. The van der Waals surface area contributed by atoms with Crippen LogP contribution in [0.1, 0.15) is 39.5 Å². The van der Waals surface area contributed by atoms with Crippen LogP contribution in [-0.2, 0) is 0 Å². The summed E-state index contributed by atoms with van der Waals surface area (Å²) in [7, 11) is 0. The largest absolute Gasteiger partial charge is 0.314 e. The van der Waals surface area contributed by atoms with Gasteiger partial charge in [0.2, 0.25) is 0 Å². The summed E-state index contributed by atoms with van der Waals surface area (Å²) in [6.07, 6.45) is 5.42. The van der Waals surface area contributed by atoms with Gasteiger partial charge in [0, 0.05) is 31.7 Å². The van der Waals surface area contributed by atoms with Crippen molar-refractivity contribution in [1.82, 2.24) is 15.1 Å². The van der Waals surface area contributed by atoms with Crippen LogP contribution in [0.15, 0.2) is 0 Å². The third-order valence-electron chi connectivity index (χ3n) is 4.02. The van der Waals surface area contributed by atoms with E-state index < -0.39 is 0 Å². The summed E-state index contributed by atoms with van der Waals surface area (Å²) in [6, 6.07) is 1.62. The monoisotopic (exact) mass is 239 g/mol. The second-order valence-corrected chi connectivity index (χ2v) is 5.77. The maximum absolute atomic E-state index is 3.60. The summed E-state index contributed by atoms with van der Waals surface area (Å²) >= 11 is 0. The molecule has 0 radical (unpaired) electrons. The van der Waals surface area contributed by atoms with E-state index in [1.165, 1.54) is 65.0 Å². The minimum Gasteiger partial charge on any atom is -0.314 e. The first-order chi connectivity index (χ1) is 8.29. The molecule has 0 unspecified atom stereocenters. The second-order valence-electron chi connectivity index (χ2n) is 5.77. The van der Waals surface area contributed by atoms with Crippen molar-refractivity contribution in [2.24, 2.45) is 0 Å². The molecule has 1 heterocycles. The summed E-state index contributed by atoms with van der Waals surface area (Å²) in [6.45, 7) is 12.2. The van der Waals surface area contributed by atoms with E-state index in [4.69, 9.17) is 0 Å². The molecule has 100 valence electrons. The molecule has 2 rings (SSSR count). The lowest BCUT2D eigenvalue weighted by atomic mass is 10.1. The Labute approximate surface area is 107 Å². The fourth-order valence-electron chi connectivity index (χ4n) is 2.80. The van der Waals surface area contributed by atoms with Crippen molar-refractivity contribution in [3.8, 4) is 0 Å². The lowest BCUT2D eigenvalue weighted by Crippen LogP contribution is -2.52. The Morgan fingerprint density at radius 1 is 1.18 bits per heavy atom. The van der Waals surface area contributed by atoms with Gasteiger partial charge >= 0.3 is 0 Å². The Morgan fingerprint density at radius 2 is 2.00 bits per heavy atom. The van der Waals surface area contributed by atoms with Crippen molar-refractivity contribution in [2.75, 3.05) is 39.3 Å². The number of nitrogens with zero attached hydrogens (tertiary/aromatic N) is 2. The van der Waals surface area contributed by atoms with Crippen LogP contribution in [0.2, 0.25) is 0 Å². The van der Waals surface area contributed by atoms with Crippen molar-refractivity contribution in [1.29, 1.82) is 0 Å². The molecular weight excluding hydrogens is 210 g/mol. The van der Waals surface area contributed by atoms with Crippen LogP contribution < -0.4 is 5.32 Å². The van der Waals surface area contributed by atoms with E-state index in [1.807, 2.05) is 0 Å². The fraction of sp³-hybridized carbons (Fsp3) is 1.00. The fourth-order valence-corrected chi connectivity index (χ4v) is 2.80. The van der Waals surface area contributed by atoms with Gasteiger partial charge in [0.05, 0.1) is 0 Å². The van der Waals surface area contributed by atoms with E-state index in [1.54, 1.807) is 0 Å². The highest BCUT2D eigenvalue weighted by Crippen LogP contribution is 2.18. The first kappa shape index (κ1) is 13.3. The van der Waals surface area contributed by atoms with Gasteiger partial charge in [0.1, 0.15) is 0 Å². The molecule has 1 saturated carbocycles. The van der Waals surface area contributed by atoms with Gasteiger partial charge in [-0.05, 0) is 52.2 Å². The van der Waals surface area contributed by atoms with Crippen molar-refractivity contribution in [3.63, 3.8) is 0 Å². The molecule has 0 aromatic heterocycles. The quantitative estimate of drug-likeness (QED) is 0.680. The van der Waals surface area contributed by atoms with Gasteiger partial charge in [-0.3, -0.25) is 4.90 Å². The molecule has 2 aliphatic rings. The van der Waals surface area contributed by atoms with E-state index in [0.29, 0.717) is 0 Å². The number of hydrogen-bond donors (Lipinski definition) is 1. The van der Waals surface area contributed by atoms with Gasteiger partial charge in [0.15, 0.2) is 0 Å². The Hall–Kier alpha value is -0.120. The zero-order valence-electron chi connectivity index (χ0n) is 11.6. The highest BCUT2D eigenvalue weighted by Gasteiger charge is 2.23. The topological polar surface area (TPSA) is 18.5 Å². The van der Waals surface area contributed by atoms with Crippen LogP contribution in [0.4, 0.5) is 0 Å². The summed E-state index contributed by atoms with van der Waals surface area (Å²) in [4.78, 5) is 5.28. The minimum absolute atomic E-state index is 0.747. The average Bonchev–Trinajstić information content (AvgIpc) is 3.11. The first-order valence-corrected chi connectivity index (χ1v) is 7.49. The van der Waals surface area contributed by atoms with Gasteiger partial charge in [-0.25, -0.2) is 0 Å². The zero-order valence-corrected chi connectivity index (χ0v) is 11.6. The molecule has 0 amide bonds. The number of nitrogens with one attached hydrogen (secondary N) is 1. The Bertz CT molecular complexity index is 216. The van der Waals surface area contributed by atoms with Gasteiger partial charge in [-0.2, -0.15) is 0 Å². The van der Waals surface area contributed by atoms with E-state index in [-0.39, 0.29) is 0 Å². The van der Waals surface area contributed by atoms with Crippen LogP contribution >= 0.6 is 0 Å². The number of rotatable bonds is 7. The lowest BCUT2D eigenvalue weighted by molar-refractivity contribution is 0.0827. The molecule has 1 N–H and O–H groups in total. The Balaban J connectivity index is 1.57. The normalized spacial score (nSPS) is 27.5. The molecule has 17 heavy (non-hydrogen) atoms. The summed E-state index contributed by atoms with van der Waals surface area (Å²) in [5.41, 5.74) is 0. The summed E-state index contributed by atoms with van der Waals surface area (Å²) < 4.78 is 0. The lowest BCUT2D eigenvalue weighted by Gasteiger charge is -2.39. The highest BCUT2D eigenvalue weighted by atomic mass is 15.3. The molecule has 3 nitrogen and oxygen atoms in total. The first-order valence-electron chi connectivity index (χ1n) is 7.49. The predicted octanol–water partition coefficient (Wildman–Crippen LogP) is 1.54. The van der Waals surface area contributed by atoms with Crippen LogP contribution in [-0.4, -0.2) is 61.2 Å². The molecule has 0 aromatic carbocycles. The molecule has 0 bridgehead atoms. The molecule has 1 aliphatic heterocycles. The molecule has 3 heteroatoms. The molecule has 1 saturated heterocycles. The number of hydrogen-bond acceptors (Lipinski definition) is 3. The summed E-state index contributed by atoms with van der Waals surface area (Å²) in [5.74, 6) is 0. The van der Waals surface area contributed by atoms with Crippen LogP contribution in [0.25, 0.3) is 0 Å². The van der Waals surface area contributed by atoms with Crippen molar-refractivity contribution in [2.45, 2.75) is 51.6 Å². The Kier molecular flexibility index (Phi) is 5.26. The third kappa shape index (κ3) is 4.57. The maximum Gasteiger partial charge on any atom is 0.0195 e. The predicted molar refractivity (Wildman–Crippen MR) is 73.4 cm³/mol. The van der Waals surface area contributed by atoms with Crippen LogP contribution in [0.3, 0.4) is 0 Å². The molecule has 0 spiro atoms. The van der Waals surface area contributed by atoms with Gasteiger partial charge in [-0.1, -0.05) is 6.92 Å². The van der Waals surface area contributed by atoms with Gasteiger partial charge < -0.3 is 10.2 Å². The Morgan fingerprint density at radius 3 is 2.65 bits per heavy atom. The standard InChI is InChI=1S/C14H29N3/c1-3-8-16-10-11-17(13(2)12-16)9-4-7-15-14-5-6-14/h13-15H,3-12H2,1-2H3/t13-/m1/s1. The van der Waals surface area contributed by atoms with E-state index in [9.17, 15) is 0 Å². The zero-order chi connectivity index (χ0) is 12.1. The second kappa shape index (κ2) is 6.72. The molecular formula is C14H29N3. The molecule has 0 aromatic rings. The number of piperazine rings is 1. The van der Waals surface area contributed by atoms with Gasteiger partial charge in [0.25, 0.3) is 0 Å². The molecule has 1 aliphatic carbocycles. The molecule has 2 fully saturated rings. The third-order valence-corrected chi connectivity index (χ3v) is 4.02. The van der Waals surface area contributed by atoms with Crippen molar-refractivity contribution < 1.29 is 0 Å². The van der Waals surface area contributed by atoms with Crippen LogP contribution in [0.5, 0.6) is 0 Å². The average molecular weight is 239 g/mol. The highest BCUT2D eigenvalue weighted by molar-refractivity contribution is 4.82. The van der Waals surface area contributed by atoms with E-state index in [2.05, 4.69) is 29.0 Å². The smallest absolute Gasteiger partial charge is 0.0195 e. The SMILES string of the molecule is CCCN1CCN(CCCNC2CC2)[C@H](C)C1. The van der Waals surface area contributed by atoms with Crippen molar-refractivity contribution >= 4 is 0 Å². The minimum atomic E-state index is 0.747. The summed E-state index contributed by atoms with van der Waals surface area (Å²) in [5, 5.41) is 3.60. The van der Waals surface area contributed by atoms with E-state index >= 15 is 0 Å². The van der Waals surface area contributed by atoms with Crippen molar-refractivity contribution in [3.05, 3.63) is 0 Å². The van der Waals surface area contributed by atoms with Gasteiger partial charge in [-0.15, -0.1) is 0 Å².